The van der Waals surface area contributed by atoms with Gasteiger partial charge in [0.2, 0.25) is 10.0 Å². The molecule has 2 rings (SSSR count). The summed E-state index contributed by atoms with van der Waals surface area (Å²) in [5, 5.41) is 5.11. The third-order valence-electron chi connectivity index (χ3n) is 3.69. The van der Waals surface area contributed by atoms with Gasteiger partial charge in [0.15, 0.2) is 0 Å². The van der Waals surface area contributed by atoms with Crippen LogP contribution < -0.4 is 15.8 Å². The lowest BCUT2D eigenvalue weighted by atomic mass is 10.1. The van der Waals surface area contributed by atoms with Crippen LogP contribution in [0.15, 0.2) is 23.1 Å². The molecule has 106 valence electrons. The van der Waals surface area contributed by atoms with Crippen LogP contribution >= 0.6 is 0 Å². The highest BCUT2D eigenvalue weighted by Gasteiger charge is 2.20. The summed E-state index contributed by atoms with van der Waals surface area (Å²) in [6.07, 6.45) is 4.74. The smallest absolute Gasteiger partial charge is 0.238 e. The Morgan fingerprint density at radius 3 is 2.63 bits per heavy atom. The minimum Gasteiger partial charge on any atom is -0.397 e. The van der Waals surface area contributed by atoms with E-state index in [4.69, 9.17) is 10.9 Å². The second-order valence-electron chi connectivity index (χ2n) is 5.16. The van der Waals surface area contributed by atoms with Crippen molar-refractivity contribution in [1.82, 2.24) is 0 Å². The van der Waals surface area contributed by atoms with Gasteiger partial charge < -0.3 is 10.6 Å². The van der Waals surface area contributed by atoms with Crippen molar-refractivity contribution in [3.63, 3.8) is 0 Å². The van der Waals surface area contributed by atoms with Crippen molar-refractivity contribution < 1.29 is 8.42 Å². The van der Waals surface area contributed by atoms with Crippen LogP contribution in [0.5, 0.6) is 0 Å². The molecule has 19 heavy (non-hydrogen) atoms. The molecule has 0 bridgehead atoms. The molecule has 0 spiro atoms. The number of benzene rings is 1. The molecular weight excluding hydrogens is 262 g/mol. The van der Waals surface area contributed by atoms with Crippen molar-refractivity contribution in [1.29, 1.82) is 0 Å². The first-order valence-corrected chi connectivity index (χ1v) is 8.13. The van der Waals surface area contributed by atoms with E-state index < -0.39 is 10.0 Å². The Morgan fingerprint density at radius 1 is 1.26 bits per heavy atom. The van der Waals surface area contributed by atoms with Crippen LogP contribution in [0.4, 0.5) is 11.4 Å². The lowest BCUT2D eigenvalue weighted by Crippen LogP contribution is -2.33. The molecule has 0 radical (unpaired) electrons. The molecule has 6 heteroatoms. The molecule has 1 aliphatic rings. The first-order chi connectivity index (χ1) is 8.89. The van der Waals surface area contributed by atoms with E-state index >= 15 is 0 Å². The fraction of sp³-hybridized carbons (Fsp3) is 0.538. The van der Waals surface area contributed by atoms with E-state index in [9.17, 15) is 8.42 Å². The Bertz CT molecular complexity index is 557. The fourth-order valence-electron chi connectivity index (χ4n) is 2.60. The first-order valence-electron chi connectivity index (χ1n) is 6.58. The number of hydrogen-bond acceptors (Lipinski definition) is 4. The van der Waals surface area contributed by atoms with Gasteiger partial charge in [0.25, 0.3) is 0 Å². The van der Waals surface area contributed by atoms with Gasteiger partial charge in [-0.15, -0.1) is 0 Å². The second-order valence-corrected chi connectivity index (χ2v) is 6.72. The van der Waals surface area contributed by atoms with E-state index in [1.807, 2.05) is 0 Å². The summed E-state index contributed by atoms with van der Waals surface area (Å²) < 4.78 is 22.6. The lowest BCUT2D eigenvalue weighted by molar-refractivity contribution is 0.597. The molecule has 1 heterocycles. The Kier molecular flexibility index (Phi) is 4.01. The summed E-state index contributed by atoms with van der Waals surface area (Å²) in [5.41, 5.74) is 7.38. The van der Waals surface area contributed by atoms with Gasteiger partial charge in [0, 0.05) is 12.6 Å². The van der Waals surface area contributed by atoms with Gasteiger partial charge >= 0.3 is 0 Å². The predicted molar refractivity (Wildman–Crippen MR) is 77.5 cm³/mol. The largest absolute Gasteiger partial charge is 0.397 e. The summed E-state index contributed by atoms with van der Waals surface area (Å²) >= 11 is 0. The summed E-state index contributed by atoms with van der Waals surface area (Å²) in [4.78, 5) is 2.33. The number of sulfonamides is 1. The van der Waals surface area contributed by atoms with E-state index in [2.05, 4.69) is 11.8 Å². The van der Waals surface area contributed by atoms with E-state index in [-0.39, 0.29) is 4.90 Å². The van der Waals surface area contributed by atoms with Crippen LogP contribution in [0.25, 0.3) is 0 Å². The molecular formula is C13H21N3O2S. The number of rotatable bonds is 2. The molecule has 1 atom stereocenters. The van der Waals surface area contributed by atoms with Crippen LogP contribution in [-0.2, 0) is 10.0 Å². The van der Waals surface area contributed by atoms with Crippen molar-refractivity contribution in [3.8, 4) is 0 Å². The van der Waals surface area contributed by atoms with Crippen LogP contribution in [-0.4, -0.2) is 21.0 Å². The van der Waals surface area contributed by atoms with Gasteiger partial charge in [-0.05, 0) is 38.0 Å². The average Bonchev–Trinajstić information content (AvgIpc) is 2.53. The zero-order valence-corrected chi connectivity index (χ0v) is 12.0. The van der Waals surface area contributed by atoms with E-state index in [1.54, 1.807) is 6.07 Å². The van der Waals surface area contributed by atoms with Crippen molar-refractivity contribution in [2.75, 3.05) is 17.2 Å². The molecule has 1 fully saturated rings. The molecule has 4 N–H and O–H groups in total. The van der Waals surface area contributed by atoms with Gasteiger partial charge in [-0.25, -0.2) is 13.6 Å². The van der Waals surface area contributed by atoms with E-state index in [0.717, 1.165) is 25.1 Å². The molecule has 0 aliphatic carbocycles. The van der Waals surface area contributed by atoms with E-state index in [1.165, 1.54) is 25.0 Å². The van der Waals surface area contributed by atoms with Crippen molar-refractivity contribution in [2.24, 2.45) is 5.14 Å². The van der Waals surface area contributed by atoms with Gasteiger partial charge in [0.1, 0.15) is 0 Å². The summed E-state index contributed by atoms with van der Waals surface area (Å²) in [6, 6.07) is 5.16. The highest BCUT2D eigenvalue weighted by Crippen LogP contribution is 2.30. The van der Waals surface area contributed by atoms with E-state index in [0.29, 0.717) is 11.7 Å². The number of nitrogens with two attached hydrogens (primary N) is 2. The Morgan fingerprint density at radius 2 is 2.00 bits per heavy atom. The summed E-state index contributed by atoms with van der Waals surface area (Å²) in [6.45, 7) is 3.14. The SMILES string of the molecule is CC1CCCCCN1c1ccc(S(N)(=O)=O)cc1N. The van der Waals surface area contributed by atoms with Crippen LogP contribution in [0.1, 0.15) is 32.6 Å². The minimum absolute atomic E-state index is 0.0659. The Balaban J connectivity index is 2.35. The Hall–Kier alpha value is -1.27. The number of primary sulfonamides is 1. The molecule has 1 saturated heterocycles. The van der Waals surface area contributed by atoms with Gasteiger partial charge in [0.05, 0.1) is 16.3 Å². The molecule has 0 amide bonds. The van der Waals surface area contributed by atoms with Crippen LogP contribution in [0.2, 0.25) is 0 Å². The fourth-order valence-corrected chi connectivity index (χ4v) is 3.15. The minimum atomic E-state index is -3.69. The molecule has 0 saturated carbocycles. The average molecular weight is 283 g/mol. The van der Waals surface area contributed by atoms with Crippen LogP contribution in [0, 0.1) is 0 Å². The number of nitrogens with zero attached hydrogens (tertiary/aromatic N) is 1. The zero-order chi connectivity index (χ0) is 14.0. The number of nitrogen functional groups attached to an aromatic ring is 1. The van der Waals surface area contributed by atoms with Gasteiger partial charge in [-0.1, -0.05) is 12.8 Å². The van der Waals surface area contributed by atoms with Crippen molar-refractivity contribution >= 4 is 21.4 Å². The molecule has 1 aromatic rings. The zero-order valence-electron chi connectivity index (χ0n) is 11.2. The topological polar surface area (TPSA) is 89.4 Å². The number of anilines is 2. The third kappa shape index (κ3) is 3.19. The number of hydrogen-bond donors (Lipinski definition) is 2. The van der Waals surface area contributed by atoms with Crippen molar-refractivity contribution in [3.05, 3.63) is 18.2 Å². The van der Waals surface area contributed by atoms with Crippen LogP contribution in [0.3, 0.4) is 0 Å². The standard InChI is InChI=1S/C13H21N3O2S/c1-10-5-3-2-4-8-16(10)13-7-6-11(9-12(13)14)19(15,17)18/h6-7,9-10H,2-5,8,14H2,1H3,(H2,15,17,18). The maximum Gasteiger partial charge on any atom is 0.238 e. The molecule has 5 nitrogen and oxygen atoms in total. The first kappa shape index (κ1) is 14.1. The Labute approximate surface area is 114 Å². The second kappa shape index (κ2) is 5.38. The maximum atomic E-state index is 11.3. The van der Waals surface area contributed by atoms with Crippen molar-refractivity contribution in [2.45, 2.75) is 43.5 Å². The lowest BCUT2D eigenvalue weighted by Gasteiger charge is -2.30. The highest BCUT2D eigenvalue weighted by molar-refractivity contribution is 7.89. The molecule has 1 aromatic carbocycles. The molecule has 1 unspecified atom stereocenters. The monoisotopic (exact) mass is 283 g/mol. The summed E-state index contributed by atoms with van der Waals surface area (Å²) in [7, 11) is -3.69. The molecule has 0 aromatic heterocycles. The van der Waals surface area contributed by atoms with Gasteiger partial charge in [-0.3, -0.25) is 0 Å². The molecule has 1 aliphatic heterocycles. The maximum absolute atomic E-state index is 11.3. The quantitative estimate of drug-likeness (QED) is 0.808. The highest BCUT2D eigenvalue weighted by atomic mass is 32.2. The summed E-state index contributed by atoms with van der Waals surface area (Å²) in [5.74, 6) is 0. The normalized spacial score (nSPS) is 21.2. The third-order valence-corrected chi connectivity index (χ3v) is 4.60. The predicted octanol–water partition coefficient (Wildman–Crippen LogP) is 1.69. The van der Waals surface area contributed by atoms with Gasteiger partial charge in [-0.2, -0.15) is 0 Å².